The van der Waals surface area contributed by atoms with Crippen LogP contribution in [0, 0.1) is 13.8 Å². The summed E-state index contributed by atoms with van der Waals surface area (Å²) in [6.07, 6.45) is 1.79. The Kier molecular flexibility index (Phi) is 7.41. The van der Waals surface area contributed by atoms with Crippen LogP contribution in [0.1, 0.15) is 41.4 Å². The molecule has 2 aliphatic heterocycles. The lowest BCUT2D eigenvalue weighted by Crippen LogP contribution is -2.33. The molecule has 2 amide bonds. The highest BCUT2D eigenvalue weighted by molar-refractivity contribution is 5.98. The Bertz CT molecular complexity index is 1350. The fraction of sp³-hybridized carbons (Fsp3) is 0.357. The second-order valence-corrected chi connectivity index (χ2v) is 9.74. The Morgan fingerprint density at radius 3 is 2.61 bits per heavy atom. The van der Waals surface area contributed by atoms with Gasteiger partial charge in [-0.1, -0.05) is 18.2 Å². The standard InChI is InChI=1S/C28H33N7O3/c1-17-7-6-8-18(2)25(17)20-15-21(30-19(3)36)26-22(16-20)33-34-28(32-26)31-24-10-9-23(38-24)27(37)29-11-14-35-12-4-5-13-35/h6-10,15-16,28,31-32H,4-5,11-14H2,1-3H3,(H,29,37)(H,30,36). The maximum absolute atomic E-state index is 12.5. The summed E-state index contributed by atoms with van der Waals surface area (Å²) in [5.41, 5.74) is 6.18. The molecule has 4 N–H and O–H groups in total. The molecule has 0 spiro atoms. The monoisotopic (exact) mass is 515 g/mol. The maximum Gasteiger partial charge on any atom is 0.287 e. The minimum absolute atomic E-state index is 0.189. The molecule has 0 aliphatic carbocycles. The number of anilines is 3. The first-order chi connectivity index (χ1) is 18.4. The highest BCUT2D eigenvalue weighted by atomic mass is 16.4. The first kappa shape index (κ1) is 25.5. The van der Waals surface area contributed by atoms with Gasteiger partial charge in [-0.05, 0) is 80.2 Å². The number of likely N-dealkylation sites (tertiary alicyclic amines) is 1. The summed E-state index contributed by atoms with van der Waals surface area (Å²) in [6, 6.07) is 13.4. The molecule has 1 fully saturated rings. The first-order valence-corrected chi connectivity index (χ1v) is 12.9. The van der Waals surface area contributed by atoms with E-state index < -0.39 is 6.29 Å². The molecule has 0 bridgehead atoms. The highest BCUT2D eigenvalue weighted by Crippen LogP contribution is 2.42. The van der Waals surface area contributed by atoms with E-state index in [-0.39, 0.29) is 17.6 Å². The van der Waals surface area contributed by atoms with Crippen molar-refractivity contribution in [3.05, 3.63) is 59.4 Å². The van der Waals surface area contributed by atoms with Crippen molar-refractivity contribution >= 4 is 34.8 Å². The summed E-state index contributed by atoms with van der Waals surface area (Å²) in [5.74, 6) is 0.154. The van der Waals surface area contributed by atoms with Gasteiger partial charge in [-0.25, -0.2) is 0 Å². The number of fused-ring (bicyclic) bond motifs is 1. The minimum atomic E-state index is -0.654. The van der Waals surface area contributed by atoms with Crippen molar-refractivity contribution < 1.29 is 14.0 Å². The number of nitrogens with one attached hydrogen (secondary N) is 4. The number of rotatable bonds is 8. The van der Waals surface area contributed by atoms with Crippen molar-refractivity contribution in [3.63, 3.8) is 0 Å². The summed E-state index contributed by atoms with van der Waals surface area (Å²) in [4.78, 5) is 26.8. The number of azo groups is 1. The van der Waals surface area contributed by atoms with Crippen LogP contribution in [0.4, 0.5) is 22.9 Å². The van der Waals surface area contributed by atoms with E-state index in [0.29, 0.717) is 29.5 Å². The summed E-state index contributed by atoms with van der Waals surface area (Å²) in [7, 11) is 0. The molecule has 1 aromatic heterocycles. The van der Waals surface area contributed by atoms with E-state index in [9.17, 15) is 9.59 Å². The first-order valence-electron chi connectivity index (χ1n) is 12.9. The second-order valence-electron chi connectivity index (χ2n) is 9.74. The summed E-state index contributed by atoms with van der Waals surface area (Å²) >= 11 is 0. The molecule has 2 aliphatic rings. The van der Waals surface area contributed by atoms with Gasteiger partial charge in [0.2, 0.25) is 12.2 Å². The van der Waals surface area contributed by atoms with Gasteiger partial charge in [-0.2, -0.15) is 0 Å². The summed E-state index contributed by atoms with van der Waals surface area (Å²) in [5, 5.41) is 21.0. The zero-order valence-corrected chi connectivity index (χ0v) is 21.9. The predicted molar refractivity (Wildman–Crippen MR) is 148 cm³/mol. The van der Waals surface area contributed by atoms with Gasteiger partial charge in [0, 0.05) is 26.1 Å². The fourth-order valence-electron chi connectivity index (χ4n) is 5.00. The molecule has 198 valence electrons. The van der Waals surface area contributed by atoms with E-state index in [0.717, 1.165) is 41.9 Å². The lowest BCUT2D eigenvalue weighted by Gasteiger charge is -2.24. The Morgan fingerprint density at radius 1 is 1.11 bits per heavy atom. The molecule has 10 nitrogen and oxygen atoms in total. The van der Waals surface area contributed by atoms with Crippen LogP contribution in [-0.2, 0) is 4.79 Å². The zero-order chi connectivity index (χ0) is 26.6. The number of amides is 2. The van der Waals surface area contributed by atoms with Crippen molar-refractivity contribution in [1.29, 1.82) is 0 Å². The minimum Gasteiger partial charge on any atom is -0.436 e. The zero-order valence-electron chi connectivity index (χ0n) is 21.9. The van der Waals surface area contributed by atoms with Gasteiger partial charge in [0.25, 0.3) is 5.91 Å². The summed E-state index contributed by atoms with van der Waals surface area (Å²) in [6.45, 7) is 9.19. The molecule has 10 heteroatoms. The van der Waals surface area contributed by atoms with Gasteiger partial charge in [0.15, 0.2) is 11.6 Å². The smallest absolute Gasteiger partial charge is 0.287 e. The molecule has 2 aromatic carbocycles. The molecule has 0 saturated carbocycles. The lowest BCUT2D eigenvalue weighted by molar-refractivity contribution is -0.114. The van der Waals surface area contributed by atoms with Gasteiger partial charge < -0.3 is 30.6 Å². The van der Waals surface area contributed by atoms with Crippen LogP contribution in [-0.4, -0.2) is 49.2 Å². The molecule has 1 unspecified atom stereocenters. The molecular weight excluding hydrogens is 482 g/mol. The SMILES string of the molecule is CC(=O)Nc1cc(-c2c(C)cccc2C)cc2c1NC(Nc1ccc(C(=O)NCCN3CCCC3)o1)N=N2. The van der Waals surface area contributed by atoms with E-state index >= 15 is 0 Å². The molecule has 0 radical (unpaired) electrons. The topological polar surface area (TPSA) is 123 Å². The van der Waals surface area contributed by atoms with Crippen LogP contribution in [0.3, 0.4) is 0 Å². The lowest BCUT2D eigenvalue weighted by atomic mass is 9.94. The van der Waals surface area contributed by atoms with Crippen LogP contribution in [0.15, 0.2) is 57.1 Å². The van der Waals surface area contributed by atoms with Gasteiger partial charge in [-0.15, -0.1) is 10.2 Å². The van der Waals surface area contributed by atoms with Crippen LogP contribution < -0.4 is 21.3 Å². The average molecular weight is 516 g/mol. The summed E-state index contributed by atoms with van der Waals surface area (Å²) < 4.78 is 5.71. The quantitative estimate of drug-likeness (QED) is 0.325. The molecule has 38 heavy (non-hydrogen) atoms. The molecule has 1 saturated heterocycles. The van der Waals surface area contributed by atoms with Crippen molar-refractivity contribution in [3.8, 4) is 11.1 Å². The third-order valence-electron chi connectivity index (χ3n) is 6.78. The number of aryl methyl sites for hydroxylation is 2. The Labute approximate surface area is 221 Å². The second kappa shape index (κ2) is 11.1. The number of furan rings is 1. The predicted octanol–water partition coefficient (Wildman–Crippen LogP) is 5.25. The number of nitrogens with zero attached hydrogens (tertiary/aromatic N) is 3. The van der Waals surface area contributed by atoms with E-state index in [1.54, 1.807) is 12.1 Å². The van der Waals surface area contributed by atoms with Crippen molar-refractivity contribution in [2.75, 3.05) is 42.1 Å². The number of carbonyl (C=O) groups excluding carboxylic acids is 2. The molecule has 3 heterocycles. The number of hydrogen-bond acceptors (Lipinski definition) is 8. The number of benzene rings is 2. The third kappa shape index (κ3) is 5.70. The van der Waals surface area contributed by atoms with E-state index in [4.69, 9.17) is 4.42 Å². The molecule has 3 aromatic rings. The average Bonchev–Trinajstić information content (AvgIpc) is 3.56. The normalized spacial score (nSPS) is 16.6. The molecular formula is C28H33N7O3. The van der Waals surface area contributed by atoms with Crippen LogP contribution in [0.5, 0.6) is 0 Å². The largest absolute Gasteiger partial charge is 0.436 e. The maximum atomic E-state index is 12.5. The van der Waals surface area contributed by atoms with Gasteiger partial charge in [0.1, 0.15) is 5.69 Å². The van der Waals surface area contributed by atoms with Crippen molar-refractivity contribution in [1.82, 2.24) is 10.2 Å². The Morgan fingerprint density at radius 2 is 1.87 bits per heavy atom. The van der Waals surface area contributed by atoms with Crippen molar-refractivity contribution in [2.24, 2.45) is 10.2 Å². The van der Waals surface area contributed by atoms with Gasteiger partial charge >= 0.3 is 0 Å². The van der Waals surface area contributed by atoms with Crippen LogP contribution in [0.2, 0.25) is 0 Å². The van der Waals surface area contributed by atoms with Gasteiger partial charge in [-0.3, -0.25) is 9.59 Å². The van der Waals surface area contributed by atoms with Crippen molar-refractivity contribution in [2.45, 2.75) is 39.9 Å². The molecule has 1 atom stereocenters. The Balaban J connectivity index is 1.29. The third-order valence-corrected chi connectivity index (χ3v) is 6.78. The highest BCUT2D eigenvalue weighted by Gasteiger charge is 2.23. The number of carbonyl (C=O) groups is 2. The van der Waals surface area contributed by atoms with E-state index in [2.05, 4.69) is 62.4 Å². The van der Waals surface area contributed by atoms with E-state index in [1.165, 1.54) is 19.8 Å². The van der Waals surface area contributed by atoms with Crippen LogP contribution >= 0.6 is 0 Å². The molecule has 5 rings (SSSR count). The van der Waals surface area contributed by atoms with E-state index in [1.807, 2.05) is 18.2 Å². The van der Waals surface area contributed by atoms with Gasteiger partial charge in [0.05, 0.1) is 11.4 Å². The Hall–Kier alpha value is -4.18. The van der Waals surface area contributed by atoms with Crippen LogP contribution in [0.25, 0.3) is 11.1 Å². The number of hydrogen-bond donors (Lipinski definition) is 4. The fourth-order valence-corrected chi connectivity index (χ4v) is 5.00.